The number of esters is 1. The highest BCUT2D eigenvalue weighted by molar-refractivity contribution is 5.82. The SMILES string of the molecule is NC(=O)COC(=O)Cc1cc2ccccc2[nH]c1=O. The lowest BCUT2D eigenvalue weighted by atomic mass is 10.1. The smallest absolute Gasteiger partial charge is 0.310 e. The highest BCUT2D eigenvalue weighted by Crippen LogP contribution is 2.10. The van der Waals surface area contributed by atoms with Gasteiger partial charge in [0.1, 0.15) is 0 Å². The second-order valence-corrected chi connectivity index (χ2v) is 4.01. The van der Waals surface area contributed by atoms with Crippen LogP contribution in [0.5, 0.6) is 0 Å². The number of H-pyrrole nitrogens is 1. The van der Waals surface area contributed by atoms with Gasteiger partial charge in [-0.2, -0.15) is 0 Å². The minimum absolute atomic E-state index is 0.201. The van der Waals surface area contributed by atoms with Crippen LogP contribution in [-0.2, 0) is 20.7 Å². The van der Waals surface area contributed by atoms with Crippen LogP contribution < -0.4 is 11.3 Å². The molecule has 1 heterocycles. The molecule has 6 heteroatoms. The molecular formula is C13H12N2O4. The van der Waals surface area contributed by atoms with Crippen molar-refractivity contribution in [2.75, 3.05) is 6.61 Å². The monoisotopic (exact) mass is 260 g/mol. The molecule has 0 spiro atoms. The average molecular weight is 260 g/mol. The number of para-hydroxylation sites is 1. The van der Waals surface area contributed by atoms with E-state index in [4.69, 9.17) is 5.73 Å². The van der Waals surface area contributed by atoms with Crippen molar-refractivity contribution >= 4 is 22.8 Å². The highest BCUT2D eigenvalue weighted by Gasteiger charge is 2.10. The zero-order valence-electron chi connectivity index (χ0n) is 10.0. The lowest BCUT2D eigenvalue weighted by molar-refractivity contribution is -0.147. The lowest BCUT2D eigenvalue weighted by Crippen LogP contribution is -2.23. The van der Waals surface area contributed by atoms with Crippen LogP contribution in [0.1, 0.15) is 5.56 Å². The zero-order valence-corrected chi connectivity index (χ0v) is 10.0. The molecule has 0 saturated carbocycles. The normalized spacial score (nSPS) is 10.3. The van der Waals surface area contributed by atoms with Gasteiger partial charge in [0, 0.05) is 11.1 Å². The third kappa shape index (κ3) is 3.19. The van der Waals surface area contributed by atoms with Gasteiger partial charge in [-0.15, -0.1) is 0 Å². The van der Waals surface area contributed by atoms with Crippen LogP contribution >= 0.6 is 0 Å². The summed E-state index contributed by atoms with van der Waals surface area (Å²) in [4.78, 5) is 36.3. The highest BCUT2D eigenvalue weighted by atomic mass is 16.5. The van der Waals surface area contributed by atoms with Gasteiger partial charge in [0.15, 0.2) is 6.61 Å². The minimum atomic E-state index is -0.735. The second kappa shape index (κ2) is 5.34. The molecule has 0 atom stereocenters. The molecule has 1 amide bonds. The maximum absolute atomic E-state index is 11.8. The number of fused-ring (bicyclic) bond motifs is 1. The molecule has 6 nitrogen and oxygen atoms in total. The Kier molecular flexibility index (Phi) is 3.61. The van der Waals surface area contributed by atoms with Crippen molar-refractivity contribution in [1.82, 2.24) is 4.98 Å². The van der Waals surface area contributed by atoms with Crippen molar-refractivity contribution in [3.05, 3.63) is 46.2 Å². The van der Waals surface area contributed by atoms with Gasteiger partial charge < -0.3 is 15.5 Å². The molecule has 0 bridgehead atoms. The number of nitrogens with two attached hydrogens (primary N) is 1. The second-order valence-electron chi connectivity index (χ2n) is 4.01. The van der Waals surface area contributed by atoms with Gasteiger partial charge in [-0.1, -0.05) is 18.2 Å². The van der Waals surface area contributed by atoms with Gasteiger partial charge in [-0.25, -0.2) is 0 Å². The first-order valence-corrected chi connectivity index (χ1v) is 5.61. The van der Waals surface area contributed by atoms with Crippen LogP contribution in [0.25, 0.3) is 10.9 Å². The molecule has 1 aromatic carbocycles. The summed E-state index contributed by atoms with van der Waals surface area (Å²) in [5.74, 6) is -1.40. The van der Waals surface area contributed by atoms with E-state index in [1.165, 1.54) is 0 Å². The Bertz CT molecular complexity index is 690. The number of carbonyl (C=O) groups excluding carboxylic acids is 2. The van der Waals surface area contributed by atoms with Gasteiger partial charge in [-0.05, 0) is 17.5 Å². The molecule has 2 rings (SSSR count). The van der Waals surface area contributed by atoms with Gasteiger partial charge >= 0.3 is 5.97 Å². The molecule has 19 heavy (non-hydrogen) atoms. The first-order chi connectivity index (χ1) is 9.06. The van der Waals surface area contributed by atoms with Crippen molar-refractivity contribution in [2.45, 2.75) is 6.42 Å². The maximum Gasteiger partial charge on any atom is 0.310 e. The molecule has 98 valence electrons. The Balaban J connectivity index is 2.20. The number of primary amides is 1. The van der Waals surface area contributed by atoms with Gasteiger partial charge in [0.2, 0.25) is 0 Å². The molecule has 0 radical (unpaired) electrons. The van der Waals surface area contributed by atoms with Crippen LogP contribution in [0.2, 0.25) is 0 Å². The van der Waals surface area contributed by atoms with Gasteiger partial charge in [-0.3, -0.25) is 14.4 Å². The number of amides is 1. The Morgan fingerprint density at radius 3 is 2.74 bits per heavy atom. The number of aromatic nitrogens is 1. The first-order valence-electron chi connectivity index (χ1n) is 5.61. The third-order valence-corrected chi connectivity index (χ3v) is 2.54. The van der Waals surface area contributed by atoms with E-state index in [1.54, 1.807) is 18.2 Å². The number of rotatable bonds is 4. The van der Waals surface area contributed by atoms with Crippen molar-refractivity contribution in [3.8, 4) is 0 Å². The third-order valence-electron chi connectivity index (χ3n) is 2.54. The molecule has 2 aromatic rings. The van der Waals surface area contributed by atoms with Gasteiger partial charge in [0.25, 0.3) is 11.5 Å². The van der Waals surface area contributed by atoms with E-state index in [1.807, 2.05) is 12.1 Å². The summed E-state index contributed by atoms with van der Waals surface area (Å²) < 4.78 is 4.61. The minimum Gasteiger partial charge on any atom is -0.455 e. The zero-order chi connectivity index (χ0) is 13.8. The first kappa shape index (κ1) is 12.8. The molecule has 0 aliphatic rings. The quantitative estimate of drug-likeness (QED) is 0.761. The summed E-state index contributed by atoms with van der Waals surface area (Å²) in [6, 6.07) is 8.85. The number of hydrogen-bond donors (Lipinski definition) is 2. The fourth-order valence-corrected chi connectivity index (χ4v) is 1.68. The van der Waals surface area contributed by atoms with Crippen LogP contribution in [0.15, 0.2) is 35.1 Å². The molecule has 0 fully saturated rings. The van der Waals surface area contributed by atoms with Crippen LogP contribution in [0, 0.1) is 0 Å². The van der Waals surface area contributed by atoms with E-state index in [9.17, 15) is 14.4 Å². The van der Waals surface area contributed by atoms with E-state index in [-0.39, 0.29) is 17.5 Å². The van der Waals surface area contributed by atoms with Crippen LogP contribution in [0.3, 0.4) is 0 Å². The molecule has 3 N–H and O–H groups in total. The topological polar surface area (TPSA) is 102 Å². The van der Waals surface area contributed by atoms with Crippen LogP contribution in [0.4, 0.5) is 0 Å². The van der Waals surface area contributed by atoms with Gasteiger partial charge in [0.05, 0.1) is 6.42 Å². The summed E-state index contributed by atoms with van der Waals surface area (Å²) in [5, 5.41) is 0.819. The number of benzene rings is 1. The number of pyridine rings is 1. The van der Waals surface area contributed by atoms with Crippen molar-refractivity contribution in [1.29, 1.82) is 0 Å². The Morgan fingerprint density at radius 1 is 1.26 bits per heavy atom. The molecule has 1 aromatic heterocycles. The van der Waals surface area contributed by atoms with E-state index < -0.39 is 18.5 Å². The van der Waals surface area contributed by atoms with E-state index >= 15 is 0 Å². The Hall–Kier alpha value is -2.63. The summed E-state index contributed by atoms with van der Waals surface area (Å²) >= 11 is 0. The summed E-state index contributed by atoms with van der Waals surface area (Å²) in [7, 11) is 0. The summed E-state index contributed by atoms with van der Waals surface area (Å²) in [6.07, 6.45) is -0.201. The fraction of sp³-hybridized carbons (Fsp3) is 0.154. The van der Waals surface area contributed by atoms with E-state index in [0.717, 1.165) is 5.39 Å². The Labute approximate surface area is 108 Å². The molecular weight excluding hydrogens is 248 g/mol. The van der Waals surface area contributed by atoms with Crippen molar-refractivity contribution in [2.24, 2.45) is 5.73 Å². The van der Waals surface area contributed by atoms with E-state index in [0.29, 0.717) is 5.52 Å². The molecule has 0 saturated heterocycles. The predicted octanol–water partition coefficient (Wildman–Crippen LogP) is 0.0991. The molecule has 0 unspecified atom stereocenters. The van der Waals surface area contributed by atoms with Crippen molar-refractivity contribution in [3.63, 3.8) is 0 Å². The molecule has 0 aliphatic carbocycles. The fourth-order valence-electron chi connectivity index (χ4n) is 1.68. The number of carbonyl (C=O) groups is 2. The average Bonchev–Trinajstić information content (AvgIpc) is 2.37. The standard InChI is InChI=1S/C13H12N2O4/c14-11(16)7-19-12(17)6-9-5-8-3-1-2-4-10(8)15-13(9)18/h1-5H,6-7H2,(H2,14,16)(H,15,18). The summed E-state index contributed by atoms with van der Waals surface area (Å²) in [5.41, 5.74) is 5.48. The summed E-state index contributed by atoms with van der Waals surface area (Å²) in [6.45, 7) is -0.482. The molecule has 0 aliphatic heterocycles. The number of nitrogens with one attached hydrogen (secondary N) is 1. The number of aromatic amines is 1. The van der Waals surface area contributed by atoms with E-state index in [2.05, 4.69) is 9.72 Å². The largest absolute Gasteiger partial charge is 0.455 e. The lowest BCUT2D eigenvalue weighted by Gasteiger charge is -2.03. The Morgan fingerprint density at radius 2 is 2.00 bits per heavy atom. The number of hydrogen-bond acceptors (Lipinski definition) is 4. The number of ether oxygens (including phenoxy) is 1. The van der Waals surface area contributed by atoms with Crippen molar-refractivity contribution < 1.29 is 14.3 Å². The maximum atomic E-state index is 11.8. The van der Waals surface area contributed by atoms with Crippen LogP contribution in [-0.4, -0.2) is 23.5 Å². The predicted molar refractivity (Wildman–Crippen MR) is 68.4 cm³/mol.